The molecule has 1 atom stereocenters. The topological polar surface area (TPSA) is 16.1 Å². The first-order valence-electron chi connectivity index (χ1n) is 8.39. The predicted octanol–water partition coefficient (Wildman–Crippen LogP) is 5.77. The third-order valence-electron chi connectivity index (χ3n) is 4.84. The Morgan fingerprint density at radius 2 is 1.92 bits per heavy atom. The lowest BCUT2D eigenvalue weighted by atomic mass is 9.84. The van der Waals surface area contributed by atoms with E-state index in [0.29, 0.717) is 10.0 Å². The molecule has 4 rings (SSSR count). The van der Waals surface area contributed by atoms with Crippen LogP contribution in [0.2, 0.25) is 10.0 Å². The number of halogens is 3. The van der Waals surface area contributed by atoms with Crippen molar-refractivity contribution in [1.29, 1.82) is 0 Å². The Morgan fingerprint density at radius 3 is 2.69 bits per heavy atom. The minimum atomic E-state index is -0.475. The van der Waals surface area contributed by atoms with Crippen LogP contribution < -0.4 is 0 Å². The molecule has 0 aliphatic carbocycles. The number of likely N-dealkylation sites (N-methyl/N-ethyl adjacent to an activating group) is 1. The van der Waals surface area contributed by atoms with E-state index in [1.54, 1.807) is 18.3 Å². The summed E-state index contributed by atoms with van der Waals surface area (Å²) in [6, 6.07) is 15.2. The van der Waals surface area contributed by atoms with Gasteiger partial charge >= 0.3 is 0 Å². The maximum atomic E-state index is 13.1. The highest BCUT2D eigenvalue weighted by atomic mass is 35.5. The van der Waals surface area contributed by atoms with Gasteiger partial charge in [0.05, 0.1) is 0 Å². The minimum Gasteiger partial charge on any atom is -0.301 e. The molecule has 2 heterocycles. The molecule has 132 valence electrons. The van der Waals surface area contributed by atoms with Gasteiger partial charge in [0.15, 0.2) is 0 Å². The molecule has 1 aliphatic rings. The first-order valence-corrected chi connectivity index (χ1v) is 9.15. The van der Waals surface area contributed by atoms with E-state index in [-0.39, 0.29) is 5.92 Å². The summed E-state index contributed by atoms with van der Waals surface area (Å²) in [4.78, 5) is 6.02. The fourth-order valence-electron chi connectivity index (χ4n) is 3.61. The van der Waals surface area contributed by atoms with Crippen molar-refractivity contribution in [1.82, 2.24) is 9.88 Å². The molecular weight excluding hydrogens is 370 g/mol. The van der Waals surface area contributed by atoms with E-state index < -0.39 is 5.95 Å². The summed E-state index contributed by atoms with van der Waals surface area (Å²) < 4.78 is 13.1. The lowest BCUT2D eigenvalue weighted by Crippen LogP contribution is -2.31. The molecule has 1 aliphatic heterocycles. The Kier molecular flexibility index (Phi) is 4.70. The van der Waals surface area contributed by atoms with Gasteiger partial charge in [0.1, 0.15) is 0 Å². The summed E-state index contributed by atoms with van der Waals surface area (Å²) in [5.74, 6) is -0.301. The van der Waals surface area contributed by atoms with Crippen molar-refractivity contribution in [2.75, 3.05) is 13.6 Å². The van der Waals surface area contributed by atoms with Gasteiger partial charge in [0.25, 0.3) is 0 Å². The van der Waals surface area contributed by atoms with Crippen LogP contribution in [0, 0.1) is 5.95 Å². The third-order valence-corrected chi connectivity index (χ3v) is 5.40. The lowest BCUT2D eigenvalue weighted by Gasteiger charge is -2.33. The van der Waals surface area contributed by atoms with Crippen LogP contribution in [0.3, 0.4) is 0 Å². The maximum absolute atomic E-state index is 13.1. The zero-order chi connectivity index (χ0) is 18.3. The van der Waals surface area contributed by atoms with Gasteiger partial charge in [-0.3, -0.25) is 0 Å². The molecule has 0 N–H and O–H groups in total. The van der Waals surface area contributed by atoms with Gasteiger partial charge in [-0.15, -0.1) is 0 Å². The van der Waals surface area contributed by atoms with Crippen LogP contribution in [0.15, 0.2) is 54.7 Å². The molecule has 5 heteroatoms. The Morgan fingerprint density at radius 1 is 1.08 bits per heavy atom. The van der Waals surface area contributed by atoms with Crippen molar-refractivity contribution < 1.29 is 4.39 Å². The van der Waals surface area contributed by atoms with Crippen molar-refractivity contribution in [2.24, 2.45) is 0 Å². The van der Waals surface area contributed by atoms with Crippen LogP contribution in [0.5, 0.6) is 0 Å². The first-order chi connectivity index (χ1) is 12.5. The molecule has 0 amide bonds. The summed E-state index contributed by atoms with van der Waals surface area (Å²) in [6.07, 6.45) is 1.56. The number of pyridine rings is 1. The highest BCUT2D eigenvalue weighted by molar-refractivity contribution is 6.35. The Hall–Kier alpha value is -1.94. The Balaban J connectivity index is 1.79. The van der Waals surface area contributed by atoms with Crippen LogP contribution in [-0.2, 0) is 6.54 Å². The van der Waals surface area contributed by atoms with Crippen LogP contribution in [0.25, 0.3) is 11.1 Å². The smallest absolute Gasteiger partial charge is 0.212 e. The molecule has 0 fully saturated rings. The largest absolute Gasteiger partial charge is 0.301 e. The van der Waals surface area contributed by atoms with Gasteiger partial charge in [-0.2, -0.15) is 4.39 Å². The monoisotopic (exact) mass is 386 g/mol. The van der Waals surface area contributed by atoms with E-state index in [0.717, 1.165) is 29.8 Å². The molecule has 26 heavy (non-hydrogen) atoms. The highest BCUT2D eigenvalue weighted by Gasteiger charge is 2.27. The number of aromatic nitrogens is 1. The SMILES string of the molecule is CN1Cc2c(Cl)cc(Cl)cc2[C@H](c2cccc(-c3ccc(F)nc3)c2)C1. The van der Waals surface area contributed by atoms with Crippen molar-refractivity contribution >= 4 is 23.2 Å². The van der Waals surface area contributed by atoms with E-state index in [9.17, 15) is 4.39 Å². The minimum absolute atomic E-state index is 0.174. The number of nitrogens with zero attached hydrogens (tertiary/aromatic N) is 2. The van der Waals surface area contributed by atoms with E-state index in [2.05, 4.69) is 29.1 Å². The quantitative estimate of drug-likeness (QED) is 0.519. The fraction of sp³-hybridized carbons (Fsp3) is 0.190. The van der Waals surface area contributed by atoms with Crippen LogP contribution in [0.4, 0.5) is 4.39 Å². The second-order valence-electron chi connectivity index (χ2n) is 6.70. The number of hydrogen-bond acceptors (Lipinski definition) is 2. The number of fused-ring (bicyclic) bond motifs is 1. The molecule has 0 saturated heterocycles. The van der Waals surface area contributed by atoms with Crippen molar-refractivity contribution in [3.05, 3.63) is 87.4 Å². The molecule has 0 unspecified atom stereocenters. The molecule has 3 aromatic rings. The van der Waals surface area contributed by atoms with Gasteiger partial charge in [0, 0.05) is 40.8 Å². The second kappa shape index (κ2) is 6.99. The zero-order valence-corrected chi connectivity index (χ0v) is 15.7. The molecular formula is C21H17Cl2FN2. The van der Waals surface area contributed by atoms with Crippen LogP contribution in [-0.4, -0.2) is 23.5 Å². The van der Waals surface area contributed by atoms with E-state index >= 15 is 0 Å². The summed E-state index contributed by atoms with van der Waals surface area (Å²) in [7, 11) is 2.09. The average molecular weight is 387 g/mol. The standard InChI is InChI=1S/C21H17Cl2FN2/c1-26-11-18(17-8-16(22)9-20(23)19(17)12-26)14-4-2-3-13(7-14)15-5-6-21(24)25-10-15/h2-10,18H,11-12H2,1H3/t18-/m0/s1. The molecule has 0 saturated carbocycles. The number of benzene rings is 2. The molecule has 0 radical (unpaired) electrons. The van der Waals surface area contributed by atoms with Crippen LogP contribution >= 0.6 is 23.2 Å². The van der Waals surface area contributed by atoms with Gasteiger partial charge in [0.2, 0.25) is 5.95 Å². The van der Waals surface area contributed by atoms with E-state index in [4.69, 9.17) is 23.2 Å². The first kappa shape index (κ1) is 17.5. The van der Waals surface area contributed by atoms with Crippen molar-refractivity contribution in [2.45, 2.75) is 12.5 Å². The lowest BCUT2D eigenvalue weighted by molar-refractivity contribution is 0.295. The molecule has 0 bridgehead atoms. The number of hydrogen-bond donors (Lipinski definition) is 0. The average Bonchev–Trinajstić information content (AvgIpc) is 2.62. The van der Waals surface area contributed by atoms with E-state index in [1.165, 1.54) is 17.2 Å². The normalized spacial score (nSPS) is 17.2. The number of rotatable bonds is 2. The molecule has 1 aromatic heterocycles. The predicted molar refractivity (Wildman–Crippen MR) is 104 cm³/mol. The highest BCUT2D eigenvalue weighted by Crippen LogP contribution is 2.39. The van der Waals surface area contributed by atoms with Crippen LogP contribution in [0.1, 0.15) is 22.6 Å². The Labute approximate surface area is 162 Å². The molecule has 2 nitrogen and oxygen atoms in total. The van der Waals surface area contributed by atoms with Gasteiger partial charge < -0.3 is 4.90 Å². The van der Waals surface area contributed by atoms with Crippen molar-refractivity contribution in [3.8, 4) is 11.1 Å². The summed E-state index contributed by atoms with van der Waals surface area (Å²) >= 11 is 12.7. The maximum Gasteiger partial charge on any atom is 0.212 e. The molecule has 2 aromatic carbocycles. The summed E-state index contributed by atoms with van der Waals surface area (Å²) in [5, 5.41) is 1.37. The molecule has 0 spiro atoms. The van der Waals surface area contributed by atoms with Crippen molar-refractivity contribution in [3.63, 3.8) is 0 Å². The van der Waals surface area contributed by atoms with Gasteiger partial charge in [-0.25, -0.2) is 4.98 Å². The second-order valence-corrected chi connectivity index (χ2v) is 7.54. The zero-order valence-electron chi connectivity index (χ0n) is 14.2. The summed E-state index contributed by atoms with van der Waals surface area (Å²) in [6.45, 7) is 1.69. The third kappa shape index (κ3) is 3.35. The summed E-state index contributed by atoms with van der Waals surface area (Å²) in [5.41, 5.74) is 5.39. The van der Waals surface area contributed by atoms with E-state index in [1.807, 2.05) is 18.2 Å². The van der Waals surface area contributed by atoms with Gasteiger partial charge in [-0.05, 0) is 53.6 Å². The fourth-order valence-corrected chi connectivity index (χ4v) is 4.18. The Bertz CT molecular complexity index is 957. The van der Waals surface area contributed by atoms with Gasteiger partial charge in [-0.1, -0.05) is 47.5 Å².